The van der Waals surface area contributed by atoms with Gasteiger partial charge in [0.1, 0.15) is 0 Å². The molecule has 0 radical (unpaired) electrons. The summed E-state index contributed by atoms with van der Waals surface area (Å²) < 4.78 is 12.2. The molecule has 1 aliphatic rings. The third kappa shape index (κ3) is 6.51. The van der Waals surface area contributed by atoms with E-state index in [4.69, 9.17) is 9.47 Å². The van der Waals surface area contributed by atoms with Gasteiger partial charge in [-0.15, -0.1) is 10.2 Å². The van der Waals surface area contributed by atoms with E-state index in [-0.39, 0.29) is 24.4 Å². The standard InChI is InChI=1S/C19H24N4O4S3/c1-3-7-20-16(24)10-28-18-21-22-19(30-18)29-11-17(25)23(4-2)9-13-5-6-14-15(8-13)27-12-26-14/h5-6,8H,3-4,7,9-12H2,1-2H3,(H,20,24). The minimum Gasteiger partial charge on any atom is -0.454 e. The molecule has 3 rings (SSSR count). The number of carbonyl (C=O) groups excluding carboxylic acids is 2. The quantitative estimate of drug-likeness (QED) is 0.503. The molecule has 2 heterocycles. The van der Waals surface area contributed by atoms with Crippen molar-refractivity contribution in [2.24, 2.45) is 0 Å². The predicted molar refractivity (Wildman–Crippen MR) is 118 cm³/mol. The van der Waals surface area contributed by atoms with Crippen molar-refractivity contribution in [1.82, 2.24) is 20.4 Å². The van der Waals surface area contributed by atoms with Gasteiger partial charge in [-0.3, -0.25) is 9.59 Å². The highest BCUT2D eigenvalue weighted by molar-refractivity contribution is 8.03. The van der Waals surface area contributed by atoms with Gasteiger partial charge < -0.3 is 19.7 Å². The summed E-state index contributed by atoms with van der Waals surface area (Å²) in [5, 5.41) is 11.0. The number of nitrogens with one attached hydrogen (secondary N) is 1. The molecule has 1 aromatic carbocycles. The number of fused-ring (bicyclic) bond motifs is 1. The van der Waals surface area contributed by atoms with E-state index >= 15 is 0 Å². The van der Waals surface area contributed by atoms with Crippen LogP contribution in [0.25, 0.3) is 0 Å². The smallest absolute Gasteiger partial charge is 0.233 e. The summed E-state index contributed by atoms with van der Waals surface area (Å²) in [6.07, 6.45) is 0.910. The first-order valence-electron chi connectivity index (χ1n) is 9.61. The third-order valence-corrected chi connectivity index (χ3v) is 7.33. The summed E-state index contributed by atoms with van der Waals surface area (Å²) in [5.41, 5.74) is 0.996. The fraction of sp³-hybridized carbons (Fsp3) is 0.474. The first-order chi connectivity index (χ1) is 14.6. The number of hydrogen-bond acceptors (Lipinski definition) is 9. The van der Waals surface area contributed by atoms with E-state index in [0.29, 0.717) is 31.1 Å². The second kappa shape index (κ2) is 11.4. The summed E-state index contributed by atoms with van der Waals surface area (Å²) in [4.78, 5) is 26.1. The molecule has 0 spiro atoms. The minimum atomic E-state index is -0.0106. The van der Waals surface area contributed by atoms with Gasteiger partial charge in [0.2, 0.25) is 18.6 Å². The maximum Gasteiger partial charge on any atom is 0.233 e. The van der Waals surface area contributed by atoms with Gasteiger partial charge in [-0.05, 0) is 31.0 Å². The zero-order valence-electron chi connectivity index (χ0n) is 16.9. The fourth-order valence-electron chi connectivity index (χ4n) is 2.61. The molecule has 0 atom stereocenters. The van der Waals surface area contributed by atoms with Crippen LogP contribution in [-0.4, -0.2) is 58.3 Å². The van der Waals surface area contributed by atoms with E-state index in [2.05, 4.69) is 15.5 Å². The second-order valence-electron chi connectivity index (χ2n) is 6.36. The van der Waals surface area contributed by atoms with E-state index in [1.165, 1.54) is 34.9 Å². The number of amides is 2. The molecular weight excluding hydrogens is 444 g/mol. The highest BCUT2D eigenvalue weighted by Crippen LogP contribution is 2.33. The van der Waals surface area contributed by atoms with Crippen LogP contribution < -0.4 is 14.8 Å². The lowest BCUT2D eigenvalue weighted by atomic mass is 10.2. The van der Waals surface area contributed by atoms with E-state index in [1.54, 1.807) is 4.90 Å². The number of ether oxygens (including phenoxy) is 2. The van der Waals surface area contributed by atoms with Crippen LogP contribution in [0.5, 0.6) is 11.5 Å². The topological polar surface area (TPSA) is 93.7 Å². The normalized spacial score (nSPS) is 12.1. The SMILES string of the molecule is CCCNC(=O)CSc1nnc(SCC(=O)N(CC)Cc2ccc3c(c2)OCO3)s1. The van der Waals surface area contributed by atoms with Crippen molar-refractivity contribution in [3.05, 3.63) is 23.8 Å². The Hall–Kier alpha value is -1.98. The Morgan fingerprint density at radius 2 is 1.87 bits per heavy atom. The second-order valence-corrected chi connectivity index (χ2v) is 9.78. The Kier molecular flexibility index (Phi) is 8.64. The molecule has 1 aliphatic heterocycles. The monoisotopic (exact) mass is 468 g/mol. The highest BCUT2D eigenvalue weighted by Gasteiger charge is 2.18. The van der Waals surface area contributed by atoms with E-state index in [0.717, 1.165) is 26.4 Å². The van der Waals surface area contributed by atoms with Crippen LogP contribution in [0.2, 0.25) is 0 Å². The van der Waals surface area contributed by atoms with Crippen molar-refractivity contribution in [3.8, 4) is 11.5 Å². The van der Waals surface area contributed by atoms with E-state index < -0.39 is 0 Å². The Bertz CT molecular complexity index is 877. The number of nitrogens with zero attached hydrogens (tertiary/aromatic N) is 3. The predicted octanol–water partition coefficient (Wildman–Crippen LogP) is 3.03. The zero-order chi connectivity index (χ0) is 21.3. The number of aromatic nitrogens is 2. The summed E-state index contributed by atoms with van der Waals surface area (Å²) in [5.74, 6) is 2.07. The maximum atomic E-state index is 12.7. The van der Waals surface area contributed by atoms with Crippen LogP contribution in [0.3, 0.4) is 0 Å². The first-order valence-corrected chi connectivity index (χ1v) is 12.4. The van der Waals surface area contributed by atoms with Crippen molar-refractivity contribution in [2.45, 2.75) is 35.5 Å². The van der Waals surface area contributed by atoms with Gasteiger partial charge >= 0.3 is 0 Å². The third-order valence-electron chi connectivity index (χ3n) is 4.15. The molecule has 1 N–H and O–H groups in total. The number of carbonyl (C=O) groups is 2. The van der Waals surface area contributed by atoms with Gasteiger partial charge in [-0.25, -0.2) is 0 Å². The average Bonchev–Trinajstić information content (AvgIpc) is 3.41. The van der Waals surface area contributed by atoms with E-state index in [1.807, 2.05) is 32.0 Å². The van der Waals surface area contributed by atoms with Gasteiger partial charge in [0, 0.05) is 19.6 Å². The van der Waals surface area contributed by atoms with Gasteiger partial charge in [0.05, 0.1) is 11.5 Å². The summed E-state index contributed by atoms with van der Waals surface area (Å²) in [6, 6.07) is 5.73. The lowest BCUT2D eigenvalue weighted by molar-refractivity contribution is -0.128. The molecular formula is C19H24N4O4S3. The Morgan fingerprint density at radius 1 is 1.13 bits per heavy atom. The number of thioether (sulfide) groups is 2. The molecule has 0 unspecified atom stereocenters. The minimum absolute atomic E-state index is 0.0106. The number of benzene rings is 1. The van der Waals surface area contributed by atoms with E-state index in [9.17, 15) is 9.59 Å². The molecule has 30 heavy (non-hydrogen) atoms. The molecule has 162 valence electrons. The molecule has 0 bridgehead atoms. The van der Waals surface area contributed by atoms with Gasteiger partial charge in [-0.1, -0.05) is 47.9 Å². The van der Waals surface area contributed by atoms with Crippen LogP contribution in [0.1, 0.15) is 25.8 Å². The zero-order valence-corrected chi connectivity index (χ0v) is 19.3. The van der Waals surface area contributed by atoms with Gasteiger partial charge in [0.25, 0.3) is 0 Å². The Labute approximate surface area is 188 Å². The molecule has 1 aromatic heterocycles. The first kappa shape index (κ1) is 22.7. The van der Waals surface area contributed by atoms with Crippen LogP contribution >= 0.6 is 34.9 Å². The number of rotatable bonds is 11. The Morgan fingerprint density at radius 3 is 2.60 bits per heavy atom. The summed E-state index contributed by atoms with van der Waals surface area (Å²) in [6.45, 7) is 6.00. The van der Waals surface area contributed by atoms with Crippen molar-refractivity contribution in [1.29, 1.82) is 0 Å². The molecule has 8 nitrogen and oxygen atoms in total. The van der Waals surface area contributed by atoms with Crippen molar-refractivity contribution >= 4 is 46.7 Å². The Balaban J connectivity index is 1.46. The van der Waals surface area contributed by atoms with Crippen LogP contribution in [0.4, 0.5) is 0 Å². The van der Waals surface area contributed by atoms with Crippen molar-refractivity contribution < 1.29 is 19.1 Å². The molecule has 0 saturated carbocycles. The largest absolute Gasteiger partial charge is 0.454 e. The van der Waals surface area contributed by atoms with Gasteiger partial charge in [-0.2, -0.15) is 0 Å². The highest BCUT2D eigenvalue weighted by atomic mass is 32.2. The molecule has 2 aromatic rings. The molecule has 0 fully saturated rings. The van der Waals surface area contributed by atoms with Gasteiger partial charge in [0.15, 0.2) is 20.2 Å². The van der Waals surface area contributed by atoms with Crippen LogP contribution in [-0.2, 0) is 16.1 Å². The summed E-state index contributed by atoms with van der Waals surface area (Å²) >= 11 is 4.13. The lowest BCUT2D eigenvalue weighted by Crippen LogP contribution is -2.31. The molecule has 0 aliphatic carbocycles. The average molecular weight is 469 g/mol. The molecule has 11 heteroatoms. The van der Waals surface area contributed by atoms with Crippen molar-refractivity contribution in [3.63, 3.8) is 0 Å². The van der Waals surface area contributed by atoms with Crippen molar-refractivity contribution in [2.75, 3.05) is 31.4 Å². The summed E-state index contributed by atoms with van der Waals surface area (Å²) in [7, 11) is 0. The van der Waals surface area contributed by atoms with Crippen LogP contribution in [0.15, 0.2) is 26.9 Å². The number of hydrogen-bond donors (Lipinski definition) is 1. The molecule has 2 amide bonds. The lowest BCUT2D eigenvalue weighted by Gasteiger charge is -2.20. The molecule has 0 saturated heterocycles. The van der Waals surface area contributed by atoms with Crippen LogP contribution in [0, 0.1) is 0 Å². The fourth-order valence-corrected chi connectivity index (χ4v) is 5.36. The maximum absolute atomic E-state index is 12.7.